The number of nitrogens with zero attached hydrogens (tertiary/aromatic N) is 1. The average molecular weight is 227 g/mol. The molecule has 1 aromatic rings. The van der Waals surface area contributed by atoms with Crippen molar-refractivity contribution in [3.63, 3.8) is 0 Å². The minimum Gasteiger partial charge on any atom is -0.383 e. The van der Waals surface area contributed by atoms with Gasteiger partial charge in [0.15, 0.2) is 5.96 Å². The Balaban J connectivity index is 2.33. The molecule has 1 aromatic heterocycles. The minimum absolute atomic E-state index is 0.182. The van der Waals surface area contributed by atoms with Gasteiger partial charge in [-0.15, -0.1) is 0 Å². The van der Waals surface area contributed by atoms with Crippen LogP contribution < -0.4 is 11.1 Å². The van der Waals surface area contributed by atoms with Crippen LogP contribution in [-0.2, 0) is 11.3 Å². The fraction of sp³-hybridized carbons (Fsp3) is 0.500. The van der Waals surface area contributed by atoms with Crippen molar-refractivity contribution in [2.45, 2.75) is 19.5 Å². The molecule has 0 unspecified atom stereocenters. The Morgan fingerprint density at radius 1 is 1.73 bits per heavy atom. The van der Waals surface area contributed by atoms with Gasteiger partial charge in [-0.3, -0.25) is 0 Å². The molecule has 0 aliphatic carbocycles. The lowest BCUT2D eigenvalue weighted by Crippen LogP contribution is -2.40. The normalized spacial score (nSPS) is 13.9. The summed E-state index contributed by atoms with van der Waals surface area (Å²) in [5.74, 6) is 0.464. The van der Waals surface area contributed by atoms with Gasteiger partial charge in [0, 0.05) is 13.2 Å². The lowest BCUT2D eigenvalue weighted by atomic mass is 10.3. The Hall–Kier alpha value is -1.07. The highest BCUT2D eigenvalue weighted by Crippen LogP contribution is 2.06. The third-order valence-electron chi connectivity index (χ3n) is 1.82. The predicted molar refractivity (Wildman–Crippen MR) is 64.1 cm³/mol. The zero-order valence-electron chi connectivity index (χ0n) is 9.06. The lowest BCUT2D eigenvalue weighted by molar-refractivity contribution is 0.179. The van der Waals surface area contributed by atoms with Crippen molar-refractivity contribution in [3.8, 4) is 0 Å². The summed E-state index contributed by atoms with van der Waals surface area (Å²) in [7, 11) is 1.66. The Morgan fingerprint density at radius 3 is 3.13 bits per heavy atom. The second-order valence-electron chi connectivity index (χ2n) is 3.33. The topological polar surface area (TPSA) is 59.6 Å². The molecule has 0 spiro atoms. The Bertz CT molecular complexity index is 298. The molecule has 0 aliphatic heterocycles. The lowest BCUT2D eigenvalue weighted by Gasteiger charge is -2.12. The van der Waals surface area contributed by atoms with Crippen LogP contribution in [0.4, 0.5) is 0 Å². The number of nitrogens with one attached hydrogen (secondary N) is 1. The van der Waals surface area contributed by atoms with Crippen LogP contribution in [0.3, 0.4) is 0 Å². The van der Waals surface area contributed by atoms with Crippen LogP contribution in [0.15, 0.2) is 21.8 Å². The second-order valence-corrected chi connectivity index (χ2v) is 4.11. The molecule has 0 bridgehead atoms. The SMILES string of the molecule is COC[C@H](C)NC(N)=NCc1ccsc1. The van der Waals surface area contributed by atoms with Gasteiger partial charge in [0.1, 0.15) is 0 Å². The first-order chi connectivity index (χ1) is 7.22. The number of hydrogen-bond acceptors (Lipinski definition) is 3. The van der Waals surface area contributed by atoms with E-state index in [0.29, 0.717) is 19.1 Å². The van der Waals surface area contributed by atoms with Gasteiger partial charge in [-0.2, -0.15) is 11.3 Å². The average Bonchev–Trinajstić information content (AvgIpc) is 2.67. The summed E-state index contributed by atoms with van der Waals surface area (Å²) in [6, 6.07) is 2.22. The predicted octanol–water partition coefficient (Wildman–Crippen LogP) is 1.19. The number of hydrogen-bond donors (Lipinski definition) is 2. The van der Waals surface area contributed by atoms with Crippen molar-refractivity contribution < 1.29 is 4.74 Å². The zero-order valence-corrected chi connectivity index (χ0v) is 9.88. The van der Waals surface area contributed by atoms with Crippen LogP contribution in [0.1, 0.15) is 12.5 Å². The summed E-state index contributed by atoms with van der Waals surface area (Å²) in [6.07, 6.45) is 0. The van der Waals surface area contributed by atoms with Gasteiger partial charge >= 0.3 is 0 Å². The molecular weight excluding hydrogens is 210 g/mol. The summed E-state index contributed by atoms with van der Waals surface area (Å²) < 4.78 is 4.98. The largest absolute Gasteiger partial charge is 0.383 e. The van der Waals surface area contributed by atoms with Gasteiger partial charge in [0.25, 0.3) is 0 Å². The molecule has 0 aromatic carbocycles. The Kier molecular flexibility index (Phi) is 5.14. The number of methoxy groups -OCH3 is 1. The maximum absolute atomic E-state index is 5.71. The number of aliphatic imine (C=N–C) groups is 1. The van der Waals surface area contributed by atoms with Gasteiger partial charge < -0.3 is 15.8 Å². The van der Waals surface area contributed by atoms with Crippen molar-refractivity contribution in [2.24, 2.45) is 10.7 Å². The standard InChI is InChI=1S/C10H17N3OS/c1-8(6-14-2)13-10(11)12-5-9-3-4-15-7-9/h3-4,7-8H,5-6H2,1-2H3,(H3,11,12,13)/t8-/m0/s1. The minimum atomic E-state index is 0.182. The Labute approximate surface area is 94.2 Å². The van der Waals surface area contributed by atoms with Crippen LogP contribution in [0.2, 0.25) is 0 Å². The fourth-order valence-corrected chi connectivity index (χ4v) is 1.81. The molecule has 0 aliphatic rings. The van der Waals surface area contributed by atoms with E-state index in [1.54, 1.807) is 18.4 Å². The molecule has 0 fully saturated rings. The molecule has 1 heterocycles. The molecule has 0 saturated heterocycles. The van der Waals surface area contributed by atoms with Crippen molar-refractivity contribution in [1.29, 1.82) is 0 Å². The molecule has 1 rings (SSSR count). The summed E-state index contributed by atoms with van der Waals surface area (Å²) in [5, 5.41) is 7.14. The van der Waals surface area contributed by atoms with Gasteiger partial charge in [-0.25, -0.2) is 4.99 Å². The molecular formula is C10H17N3OS. The second kappa shape index (κ2) is 6.42. The maximum Gasteiger partial charge on any atom is 0.189 e. The van der Waals surface area contributed by atoms with Crippen LogP contribution in [0, 0.1) is 0 Å². The number of thiophene rings is 1. The first kappa shape index (κ1) is 12.0. The number of rotatable bonds is 5. The Morgan fingerprint density at radius 2 is 2.53 bits per heavy atom. The molecule has 0 radical (unpaired) electrons. The highest BCUT2D eigenvalue weighted by molar-refractivity contribution is 7.07. The van der Waals surface area contributed by atoms with E-state index in [-0.39, 0.29) is 6.04 Å². The van der Waals surface area contributed by atoms with Crippen molar-refractivity contribution >= 4 is 17.3 Å². The highest BCUT2D eigenvalue weighted by atomic mass is 32.1. The van der Waals surface area contributed by atoms with Crippen LogP contribution in [-0.4, -0.2) is 25.7 Å². The van der Waals surface area contributed by atoms with E-state index in [1.165, 1.54) is 5.56 Å². The van der Waals surface area contributed by atoms with E-state index in [9.17, 15) is 0 Å². The molecule has 0 saturated carbocycles. The third-order valence-corrected chi connectivity index (χ3v) is 2.56. The van der Waals surface area contributed by atoms with Gasteiger partial charge in [0.05, 0.1) is 13.2 Å². The first-order valence-corrected chi connectivity index (χ1v) is 5.73. The van der Waals surface area contributed by atoms with Crippen LogP contribution >= 0.6 is 11.3 Å². The monoisotopic (exact) mass is 227 g/mol. The summed E-state index contributed by atoms with van der Waals surface area (Å²) in [4.78, 5) is 4.22. The highest BCUT2D eigenvalue weighted by Gasteiger charge is 2.01. The van der Waals surface area contributed by atoms with Gasteiger partial charge in [-0.1, -0.05) is 0 Å². The van der Waals surface area contributed by atoms with E-state index >= 15 is 0 Å². The van der Waals surface area contributed by atoms with Gasteiger partial charge in [-0.05, 0) is 29.3 Å². The number of guanidine groups is 1. The van der Waals surface area contributed by atoms with E-state index < -0.39 is 0 Å². The summed E-state index contributed by atoms with van der Waals surface area (Å²) >= 11 is 1.66. The van der Waals surface area contributed by atoms with Crippen molar-refractivity contribution in [1.82, 2.24) is 5.32 Å². The zero-order chi connectivity index (χ0) is 11.1. The van der Waals surface area contributed by atoms with E-state index in [0.717, 1.165) is 0 Å². The van der Waals surface area contributed by atoms with Crippen LogP contribution in [0.25, 0.3) is 0 Å². The van der Waals surface area contributed by atoms with Crippen LogP contribution in [0.5, 0.6) is 0 Å². The number of nitrogens with two attached hydrogens (primary N) is 1. The smallest absolute Gasteiger partial charge is 0.189 e. The third kappa shape index (κ3) is 4.80. The molecule has 4 nitrogen and oxygen atoms in total. The van der Waals surface area contributed by atoms with Crippen molar-refractivity contribution in [2.75, 3.05) is 13.7 Å². The maximum atomic E-state index is 5.71. The van der Waals surface area contributed by atoms with Gasteiger partial charge in [0.2, 0.25) is 0 Å². The van der Waals surface area contributed by atoms with E-state index in [4.69, 9.17) is 10.5 Å². The van der Waals surface area contributed by atoms with E-state index in [2.05, 4.69) is 15.7 Å². The summed E-state index contributed by atoms with van der Waals surface area (Å²) in [6.45, 7) is 3.24. The quantitative estimate of drug-likeness (QED) is 0.587. The molecule has 5 heteroatoms. The first-order valence-electron chi connectivity index (χ1n) is 4.79. The van der Waals surface area contributed by atoms with Crippen molar-refractivity contribution in [3.05, 3.63) is 22.4 Å². The fourth-order valence-electron chi connectivity index (χ4n) is 1.15. The molecule has 0 amide bonds. The molecule has 84 valence electrons. The van der Waals surface area contributed by atoms with E-state index in [1.807, 2.05) is 18.4 Å². The molecule has 3 N–H and O–H groups in total. The molecule has 1 atom stereocenters. The molecule has 15 heavy (non-hydrogen) atoms. The number of ether oxygens (including phenoxy) is 1. The summed E-state index contributed by atoms with van der Waals surface area (Å²) in [5.41, 5.74) is 6.89.